The molecule has 1 aromatic carbocycles. The standard InChI is InChI=1S/C19H28N4O3S/c1-13(11-18(24)22-16(12-20)14-7-3-2-4-8-14)21-19-15-9-5-6-10-17(15)27(25,26)23-19/h5-6,9-10,13-14,16H,2-4,7-8,11-12,20H2,1H3,(H,21,23)(H,22,24). The van der Waals surface area contributed by atoms with Crippen molar-refractivity contribution < 1.29 is 13.2 Å². The monoisotopic (exact) mass is 392 g/mol. The Bertz CT molecular complexity index is 816. The Balaban J connectivity index is 1.63. The maximum absolute atomic E-state index is 12.4. The Hall–Kier alpha value is -1.93. The third kappa shape index (κ3) is 4.68. The fraction of sp³-hybridized carbons (Fsp3) is 0.579. The highest BCUT2D eigenvalue weighted by Gasteiger charge is 2.31. The molecule has 2 atom stereocenters. The minimum Gasteiger partial charge on any atom is -0.352 e. The third-order valence-electron chi connectivity index (χ3n) is 5.31. The lowest BCUT2D eigenvalue weighted by molar-refractivity contribution is -0.122. The number of rotatable bonds is 6. The number of hydrogen-bond donors (Lipinski definition) is 3. The van der Waals surface area contributed by atoms with Crippen LogP contribution in [0.5, 0.6) is 0 Å². The van der Waals surface area contributed by atoms with Crippen LogP contribution in [0.15, 0.2) is 34.2 Å². The van der Waals surface area contributed by atoms with Crippen molar-refractivity contribution >= 4 is 21.8 Å². The van der Waals surface area contributed by atoms with Crippen molar-refractivity contribution in [3.05, 3.63) is 29.8 Å². The summed E-state index contributed by atoms with van der Waals surface area (Å²) in [5.74, 6) is 0.651. The third-order valence-corrected chi connectivity index (χ3v) is 6.71. The molecule has 27 heavy (non-hydrogen) atoms. The molecule has 148 valence electrons. The number of fused-ring (bicyclic) bond motifs is 1. The van der Waals surface area contributed by atoms with Crippen molar-refractivity contribution in [2.24, 2.45) is 16.6 Å². The fourth-order valence-corrected chi connectivity index (χ4v) is 5.17. The van der Waals surface area contributed by atoms with Gasteiger partial charge in [-0.05, 0) is 37.8 Å². The molecule has 3 rings (SSSR count). The van der Waals surface area contributed by atoms with Gasteiger partial charge in [-0.2, -0.15) is 0 Å². The van der Waals surface area contributed by atoms with Gasteiger partial charge in [-0.25, -0.2) is 8.42 Å². The van der Waals surface area contributed by atoms with Crippen LogP contribution in [0.4, 0.5) is 0 Å². The van der Waals surface area contributed by atoms with E-state index in [0.29, 0.717) is 23.9 Å². The van der Waals surface area contributed by atoms with Crippen molar-refractivity contribution in [3.63, 3.8) is 0 Å². The van der Waals surface area contributed by atoms with Crippen molar-refractivity contribution in [1.82, 2.24) is 10.0 Å². The number of nitrogens with zero attached hydrogens (tertiary/aromatic N) is 1. The molecule has 0 radical (unpaired) electrons. The van der Waals surface area contributed by atoms with Crippen LogP contribution in [0.25, 0.3) is 0 Å². The Morgan fingerprint density at radius 2 is 2.00 bits per heavy atom. The van der Waals surface area contributed by atoms with Crippen LogP contribution in [-0.4, -0.2) is 38.8 Å². The van der Waals surface area contributed by atoms with Gasteiger partial charge in [0.15, 0.2) is 0 Å². The molecule has 1 heterocycles. The number of nitrogens with two attached hydrogens (primary N) is 1. The minimum atomic E-state index is -3.56. The van der Waals surface area contributed by atoms with Gasteiger partial charge in [0.05, 0.1) is 10.9 Å². The van der Waals surface area contributed by atoms with E-state index in [1.807, 2.05) is 0 Å². The van der Waals surface area contributed by atoms with Gasteiger partial charge in [0.25, 0.3) is 10.0 Å². The van der Waals surface area contributed by atoms with Crippen LogP contribution in [0, 0.1) is 5.92 Å². The van der Waals surface area contributed by atoms with Crippen molar-refractivity contribution in [1.29, 1.82) is 0 Å². The van der Waals surface area contributed by atoms with Crippen LogP contribution in [0.1, 0.15) is 51.0 Å². The molecule has 7 nitrogen and oxygen atoms in total. The summed E-state index contributed by atoms with van der Waals surface area (Å²) in [4.78, 5) is 17.1. The maximum atomic E-state index is 12.4. The summed E-state index contributed by atoms with van der Waals surface area (Å²) in [7, 11) is -3.56. The first-order chi connectivity index (χ1) is 12.9. The van der Waals surface area contributed by atoms with Gasteiger partial charge in [-0.15, -0.1) is 0 Å². The molecule has 1 amide bonds. The SMILES string of the molecule is CC(CC(=O)NC(CN)C1CCCCC1)N=C1NS(=O)(=O)c2ccccc21. The molecule has 1 fully saturated rings. The Morgan fingerprint density at radius 1 is 1.30 bits per heavy atom. The molecule has 0 bridgehead atoms. The van der Waals surface area contributed by atoms with Crippen LogP contribution < -0.4 is 15.8 Å². The van der Waals surface area contributed by atoms with E-state index in [2.05, 4.69) is 15.0 Å². The highest BCUT2D eigenvalue weighted by molar-refractivity contribution is 7.90. The minimum absolute atomic E-state index is 0.00311. The van der Waals surface area contributed by atoms with Gasteiger partial charge in [-0.3, -0.25) is 14.5 Å². The highest BCUT2D eigenvalue weighted by atomic mass is 32.2. The van der Waals surface area contributed by atoms with Gasteiger partial charge >= 0.3 is 0 Å². The number of sulfonamides is 1. The number of amidine groups is 1. The average Bonchev–Trinajstić information content (AvgIpc) is 2.91. The summed E-state index contributed by atoms with van der Waals surface area (Å²) in [6.45, 7) is 2.24. The number of benzene rings is 1. The smallest absolute Gasteiger partial charge is 0.263 e. The van der Waals surface area contributed by atoms with E-state index in [9.17, 15) is 13.2 Å². The van der Waals surface area contributed by atoms with E-state index < -0.39 is 10.0 Å². The zero-order chi connectivity index (χ0) is 19.4. The maximum Gasteiger partial charge on any atom is 0.263 e. The van der Waals surface area contributed by atoms with Gasteiger partial charge < -0.3 is 11.1 Å². The van der Waals surface area contributed by atoms with Gasteiger partial charge in [0.2, 0.25) is 5.91 Å². The van der Waals surface area contributed by atoms with Crippen molar-refractivity contribution in [2.45, 2.75) is 62.4 Å². The number of nitrogens with one attached hydrogen (secondary N) is 2. The number of carbonyl (C=O) groups is 1. The largest absolute Gasteiger partial charge is 0.352 e. The molecular weight excluding hydrogens is 364 g/mol. The van der Waals surface area contributed by atoms with Crippen LogP contribution in [0.2, 0.25) is 0 Å². The zero-order valence-corrected chi connectivity index (χ0v) is 16.5. The number of carbonyl (C=O) groups excluding carboxylic acids is 1. The van der Waals surface area contributed by atoms with Gasteiger partial charge in [0, 0.05) is 24.6 Å². The number of aliphatic imine (C=N–C) groups is 1. The first-order valence-corrected chi connectivity index (χ1v) is 11.1. The predicted molar refractivity (Wildman–Crippen MR) is 105 cm³/mol. The molecule has 2 unspecified atom stereocenters. The second-order valence-corrected chi connectivity index (χ2v) is 9.09. The normalized spacial score (nSPS) is 22.7. The lowest BCUT2D eigenvalue weighted by atomic mass is 9.84. The summed E-state index contributed by atoms with van der Waals surface area (Å²) >= 11 is 0. The Labute approximate surface area is 160 Å². The molecule has 1 aromatic rings. The zero-order valence-electron chi connectivity index (χ0n) is 15.6. The van der Waals surface area contributed by atoms with Crippen molar-refractivity contribution in [3.8, 4) is 0 Å². The Morgan fingerprint density at radius 3 is 2.70 bits per heavy atom. The summed E-state index contributed by atoms with van der Waals surface area (Å²) in [5.41, 5.74) is 6.43. The second-order valence-electron chi connectivity index (χ2n) is 7.44. The van der Waals surface area contributed by atoms with Gasteiger partial charge in [0.1, 0.15) is 5.84 Å². The van der Waals surface area contributed by atoms with Crippen LogP contribution in [0.3, 0.4) is 0 Å². The molecular formula is C19H28N4O3S. The highest BCUT2D eigenvalue weighted by Crippen LogP contribution is 2.26. The van der Waals surface area contributed by atoms with E-state index in [0.717, 1.165) is 12.8 Å². The Kier molecular flexibility index (Phi) is 6.16. The molecule has 1 aliphatic heterocycles. The topological polar surface area (TPSA) is 114 Å². The first-order valence-electron chi connectivity index (χ1n) is 9.60. The second kappa shape index (κ2) is 8.39. The average molecular weight is 393 g/mol. The molecule has 0 aromatic heterocycles. The molecule has 0 saturated heterocycles. The molecule has 1 saturated carbocycles. The predicted octanol–water partition coefficient (Wildman–Crippen LogP) is 1.53. The first kappa shape index (κ1) is 19.8. The summed E-state index contributed by atoms with van der Waals surface area (Å²) in [6.07, 6.45) is 6.06. The quantitative estimate of drug-likeness (QED) is 0.681. The van der Waals surface area contributed by atoms with E-state index in [-0.39, 0.29) is 29.3 Å². The summed E-state index contributed by atoms with van der Waals surface area (Å²) in [6, 6.07) is 6.36. The molecule has 0 spiro atoms. The van der Waals surface area contributed by atoms with E-state index in [4.69, 9.17) is 5.73 Å². The molecule has 4 N–H and O–H groups in total. The summed E-state index contributed by atoms with van der Waals surface area (Å²) in [5, 5.41) is 3.06. The molecule has 8 heteroatoms. The lowest BCUT2D eigenvalue weighted by Crippen LogP contribution is -2.46. The fourth-order valence-electron chi connectivity index (χ4n) is 3.94. The van der Waals surface area contributed by atoms with Crippen molar-refractivity contribution in [2.75, 3.05) is 6.54 Å². The lowest BCUT2D eigenvalue weighted by Gasteiger charge is -2.30. The van der Waals surface area contributed by atoms with E-state index in [1.165, 1.54) is 19.3 Å². The number of hydrogen-bond acceptors (Lipinski definition) is 5. The van der Waals surface area contributed by atoms with E-state index >= 15 is 0 Å². The van der Waals surface area contributed by atoms with Crippen LogP contribution >= 0.6 is 0 Å². The van der Waals surface area contributed by atoms with Gasteiger partial charge in [-0.1, -0.05) is 31.4 Å². The van der Waals surface area contributed by atoms with E-state index in [1.54, 1.807) is 31.2 Å². The summed E-state index contributed by atoms with van der Waals surface area (Å²) < 4.78 is 26.8. The molecule has 1 aliphatic carbocycles. The number of amides is 1. The van der Waals surface area contributed by atoms with Crippen LogP contribution in [-0.2, 0) is 14.8 Å². The molecule has 2 aliphatic rings.